The summed E-state index contributed by atoms with van der Waals surface area (Å²) in [7, 11) is 0. The molecule has 0 radical (unpaired) electrons. The van der Waals surface area contributed by atoms with Crippen LogP contribution in [0.1, 0.15) is 178 Å². The standard InChI is InChI=1S/C23H22.C22H20O.C22H22.C17H18.C16H16O.C16H16S.C16H18/c1-14-5-7-18(8-6-14)19-9-10-21-20(12-19)13-22-17(4)16(3)15(2)11-23(21)22;1-13-5-7-17(8-6-13)18-9-10-19-20-11-14(2)15(3)16(4)22(20)23-21(19)12-18;1-15-5-7-19(8-6-15)20-9-11-21(12-10-20)22-13-16(2)18(4)17(3)14-22;1-10-5-6-15-14(7-10)9-16-13(4)12(3)11(2)8-17(15)16;2*1-9-5-6-13-14-8-10(2)11(3)12(4)16(14)17-15(13)7-9;1-11-5-7-15(8-6-11)16-9-12(2)14(4)13(3)10-16/h5-12H,13H2,1-4H3;5-12H,1-4H3;5-14H,1-4H3;5-8H,9H2,1-4H3;2*5-8H,1-4H3;5-10H,1-4H3. The summed E-state index contributed by atoms with van der Waals surface area (Å²) in [6.07, 6.45) is 2.18. The van der Waals surface area contributed by atoms with E-state index in [2.05, 4.69) is 461 Å². The number of aryl methyl sites for hydroxylation is 19. The lowest BCUT2D eigenvalue weighted by molar-refractivity contribution is 0.664. The zero-order valence-corrected chi connectivity index (χ0v) is 85.9. The minimum absolute atomic E-state index is 0.964. The third-order valence-electron chi connectivity index (χ3n) is 29.9. The number of rotatable bonds is 5. The van der Waals surface area contributed by atoms with Crippen LogP contribution in [-0.4, -0.2) is 0 Å². The van der Waals surface area contributed by atoms with Crippen molar-refractivity contribution >= 4 is 75.4 Å². The van der Waals surface area contributed by atoms with E-state index < -0.39 is 0 Å². The quantitative estimate of drug-likeness (QED) is 0.172. The fourth-order valence-electron chi connectivity index (χ4n) is 19.5. The Morgan fingerprint density at radius 1 is 0.178 bits per heavy atom. The van der Waals surface area contributed by atoms with Gasteiger partial charge in [0.2, 0.25) is 0 Å². The molecule has 0 saturated carbocycles. The highest BCUT2D eigenvalue weighted by atomic mass is 32.1. The van der Waals surface area contributed by atoms with E-state index in [1.807, 2.05) is 11.3 Å². The Hall–Kier alpha value is -13.4. The number of hydrogen-bond donors (Lipinski definition) is 0. The highest BCUT2D eigenvalue weighted by molar-refractivity contribution is 7.26. The van der Waals surface area contributed by atoms with Crippen molar-refractivity contribution in [3.8, 4) is 77.9 Å². The molecule has 0 saturated heterocycles. The van der Waals surface area contributed by atoms with Gasteiger partial charge in [0.15, 0.2) is 0 Å². The average Bonchev–Trinajstić information content (AvgIpc) is 1.61. The van der Waals surface area contributed by atoms with Crippen LogP contribution >= 0.6 is 11.3 Å². The van der Waals surface area contributed by atoms with Crippen molar-refractivity contribution in [3.63, 3.8) is 0 Å². The van der Waals surface area contributed by atoms with Crippen LogP contribution in [0.4, 0.5) is 0 Å². The number of thiophene rings is 1. The van der Waals surface area contributed by atoms with Gasteiger partial charge in [0.05, 0.1) is 0 Å². The topological polar surface area (TPSA) is 26.3 Å². The second kappa shape index (κ2) is 39.2. The maximum Gasteiger partial charge on any atom is 0.138 e. The number of benzene rings is 17. The van der Waals surface area contributed by atoms with Crippen LogP contribution in [0.25, 0.3) is 142 Å². The predicted octanol–water partition coefficient (Wildman–Crippen LogP) is 38.1. The smallest absolute Gasteiger partial charge is 0.138 e. The van der Waals surface area contributed by atoms with Gasteiger partial charge in [0.25, 0.3) is 0 Å². The molecule has 0 atom stereocenters. The van der Waals surface area contributed by atoms with Crippen LogP contribution in [0, 0.1) is 194 Å². The highest BCUT2D eigenvalue weighted by Crippen LogP contribution is 2.46. The maximum atomic E-state index is 6.20. The fraction of sp³-hybridized carbons (Fsp3) is 0.227. The van der Waals surface area contributed by atoms with Gasteiger partial charge >= 0.3 is 0 Å². The van der Waals surface area contributed by atoms with Gasteiger partial charge in [-0.2, -0.15) is 0 Å². The lowest BCUT2D eigenvalue weighted by Crippen LogP contribution is -1.93. The van der Waals surface area contributed by atoms with Gasteiger partial charge < -0.3 is 8.83 Å². The van der Waals surface area contributed by atoms with Crippen LogP contribution < -0.4 is 0 Å². The predicted molar refractivity (Wildman–Crippen MR) is 589 cm³/mol. The first kappa shape index (κ1) is 94.7. The first-order chi connectivity index (χ1) is 64.4. The molecular formula is C132H132O2S. The van der Waals surface area contributed by atoms with E-state index in [1.165, 1.54) is 298 Å². The van der Waals surface area contributed by atoms with Crippen molar-refractivity contribution in [1.82, 2.24) is 0 Å². The molecule has 2 nitrogen and oxygen atoms in total. The summed E-state index contributed by atoms with van der Waals surface area (Å²) in [6, 6.07) is 97.9. The summed E-state index contributed by atoms with van der Waals surface area (Å²) in [4.78, 5) is 0. The summed E-state index contributed by atoms with van der Waals surface area (Å²) >= 11 is 1.93. The molecule has 3 heterocycles. The molecule has 2 aliphatic rings. The van der Waals surface area contributed by atoms with Gasteiger partial charge in [-0.25, -0.2) is 0 Å². The molecule has 0 unspecified atom stereocenters. The summed E-state index contributed by atoms with van der Waals surface area (Å²) in [5.41, 5.74) is 66.7. The fourth-order valence-corrected chi connectivity index (χ4v) is 20.9. The summed E-state index contributed by atoms with van der Waals surface area (Å²) in [5, 5.41) is 7.70. The number of fused-ring (bicyclic) bond motifs is 15. The molecule has 3 aromatic heterocycles. The Labute approximate surface area is 807 Å². The second-order valence-corrected chi connectivity index (χ2v) is 40.4. The third kappa shape index (κ3) is 19.7. The van der Waals surface area contributed by atoms with E-state index >= 15 is 0 Å². The number of furan rings is 2. The zero-order chi connectivity index (χ0) is 96.1. The van der Waals surface area contributed by atoms with Crippen LogP contribution in [0.2, 0.25) is 0 Å². The van der Waals surface area contributed by atoms with Gasteiger partial charge in [-0.15, -0.1) is 11.3 Å². The lowest BCUT2D eigenvalue weighted by atomic mass is 9.94. The van der Waals surface area contributed by atoms with Crippen LogP contribution in [0.3, 0.4) is 0 Å². The highest BCUT2D eigenvalue weighted by Gasteiger charge is 2.25. The Morgan fingerprint density at radius 2 is 0.459 bits per heavy atom. The van der Waals surface area contributed by atoms with E-state index in [4.69, 9.17) is 8.83 Å². The van der Waals surface area contributed by atoms with E-state index in [0.29, 0.717) is 0 Å². The van der Waals surface area contributed by atoms with Crippen molar-refractivity contribution in [2.24, 2.45) is 0 Å². The SMILES string of the molecule is Cc1ccc(-c2cc(C)c(C)c(C)c2)cc1.Cc1ccc(-c2ccc(-c3cc(C)c(C)c(C)c3)cc2)cc1.Cc1ccc(-c2ccc3c(c2)Cc2c-3cc(C)c(C)c2C)cc1.Cc1ccc(-c2ccc3c(c2)oc2c(C)c(C)c(C)cc23)cc1.Cc1ccc2c(c1)Cc1c-2cc(C)c(C)c1C.Cc1ccc2c(c1)oc1c(C)c(C)c(C)cc12.Cc1ccc2c(c1)sc1c(C)c(C)c(C)cc12. The molecule has 0 fully saturated rings. The monoisotopic (exact) mass is 1780 g/mol. The van der Waals surface area contributed by atoms with Gasteiger partial charge in [-0.3, -0.25) is 0 Å². The van der Waals surface area contributed by atoms with Gasteiger partial charge in [-0.05, 0) is 477 Å². The van der Waals surface area contributed by atoms with E-state index in [0.717, 1.165) is 35.2 Å². The minimum atomic E-state index is 0.964. The summed E-state index contributed by atoms with van der Waals surface area (Å²) < 4.78 is 15.1. The largest absolute Gasteiger partial charge is 0.456 e. The molecule has 0 spiro atoms. The van der Waals surface area contributed by atoms with Crippen LogP contribution in [0.15, 0.2) is 276 Å². The van der Waals surface area contributed by atoms with Crippen LogP contribution in [-0.2, 0) is 12.8 Å². The first-order valence-corrected chi connectivity index (χ1v) is 48.9. The lowest BCUT2D eigenvalue weighted by Gasteiger charge is -2.11. The van der Waals surface area contributed by atoms with Crippen LogP contribution in [0.5, 0.6) is 0 Å². The molecule has 22 rings (SSSR count). The van der Waals surface area contributed by atoms with E-state index in [1.54, 1.807) is 0 Å². The normalized spacial score (nSPS) is 11.5. The Bertz CT molecular complexity index is 7780. The van der Waals surface area contributed by atoms with Gasteiger partial charge in [0.1, 0.15) is 22.3 Å². The third-order valence-corrected chi connectivity index (χ3v) is 31.2. The summed E-state index contributed by atoms with van der Waals surface area (Å²) in [6.45, 7) is 61.1. The Morgan fingerprint density at radius 3 is 0.889 bits per heavy atom. The van der Waals surface area contributed by atoms with Gasteiger partial charge in [0, 0.05) is 41.7 Å². The molecule has 20 aromatic rings. The van der Waals surface area contributed by atoms with Gasteiger partial charge in [-0.1, -0.05) is 252 Å². The van der Waals surface area contributed by atoms with Crippen molar-refractivity contribution < 1.29 is 8.83 Å². The molecule has 678 valence electrons. The molecule has 0 N–H and O–H groups in total. The number of hydrogen-bond acceptors (Lipinski definition) is 3. The first-order valence-electron chi connectivity index (χ1n) is 48.1. The Balaban J connectivity index is 0.000000115. The summed E-state index contributed by atoms with van der Waals surface area (Å²) in [5.74, 6) is 0. The second-order valence-electron chi connectivity index (χ2n) is 39.3. The molecular weight excluding hydrogens is 1650 g/mol. The van der Waals surface area contributed by atoms with E-state index in [-0.39, 0.29) is 0 Å². The molecule has 3 heteroatoms. The molecule has 0 bridgehead atoms. The molecule has 17 aromatic carbocycles. The zero-order valence-electron chi connectivity index (χ0n) is 85.0. The Kier molecular flexibility index (Phi) is 27.5. The molecule has 2 aliphatic carbocycles. The van der Waals surface area contributed by atoms with Crippen molar-refractivity contribution in [2.75, 3.05) is 0 Å². The molecule has 0 aliphatic heterocycles. The average molecular weight is 1780 g/mol. The van der Waals surface area contributed by atoms with E-state index in [9.17, 15) is 0 Å². The maximum absolute atomic E-state index is 6.20. The van der Waals surface area contributed by atoms with Crippen molar-refractivity contribution in [3.05, 3.63) is 445 Å². The molecule has 135 heavy (non-hydrogen) atoms. The van der Waals surface area contributed by atoms with Crippen molar-refractivity contribution in [1.29, 1.82) is 0 Å². The van der Waals surface area contributed by atoms with Crippen molar-refractivity contribution in [2.45, 2.75) is 207 Å². The molecule has 0 amide bonds. The minimum Gasteiger partial charge on any atom is -0.456 e.